The average molecular weight is 275 g/mol. The molecule has 1 aromatic carbocycles. The number of halogens is 1. The lowest BCUT2D eigenvalue weighted by Gasteiger charge is -2.24. The van der Waals surface area contributed by atoms with Crippen molar-refractivity contribution in [2.45, 2.75) is 25.4 Å². The summed E-state index contributed by atoms with van der Waals surface area (Å²) in [7, 11) is 0. The van der Waals surface area contributed by atoms with Crippen LogP contribution in [0.4, 0.5) is 4.39 Å². The Labute approximate surface area is 117 Å². The Morgan fingerprint density at radius 2 is 2.30 bits per heavy atom. The third-order valence-corrected chi connectivity index (χ3v) is 3.88. The number of hydrogen-bond acceptors (Lipinski definition) is 3. The molecule has 1 aliphatic rings. The van der Waals surface area contributed by atoms with Gasteiger partial charge in [0.05, 0.1) is 12.3 Å². The number of benzene rings is 1. The first-order chi connectivity index (χ1) is 9.78. The van der Waals surface area contributed by atoms with Crippen LogP contribution in [0, 0.1) is 5.82 Å². The summed E-state index contributed by atoms with van der Waals surface area (Å²) in [4.78, 5) is 2.21. The van der Waals surface area contributed by atoms with Gasteiger partial charge in [-0.05, 0) is 49.2 Å². The van der Waals surface area contributed by atoms with Crippen LogP contribution in [-0.4, -0.2) is 39.0 Å². The molecule has 1 aromatic heterocycles. The molecule has 1 N–H and O–H groups in total. The molecule has 1 fully saturated rings. The minimum Gasteiger partial charge on any atom is -0.395 e. The second-order valence-corrected chi connectivity index (χ2v) is 5.17. The van der Waals surface area contributed by atoms with E-state index in [9.17, 15) is 9.50 Å². The Balaban J connectivity index is 1.90. The molecule has 1 atom stereocenters. The van der Waals surface area contributed by atoms with E-state index in [1.807, 2.05) is 12.3 Å². The average Bonchev–Trinajstić information content (AvgIpc) is 3.10. The van der Waals surface area contributed by atoms with Crippen molar-refractivity contribution in [2.75, 3.05) is 13.2 Å². The molecule has 0 radical (unpaired) electrons. The van der Waals surface area contributed by atoms with E-state index in [-0.39, 0.29) is 18.5 Å². The lowest BCUT2D eigenvalue weighted by molar-refractivity contribution is 0.153. The number of aliphatic hydroxyl groups excluding tert-OH is 1. The molecule has 0 saturated carbocycles. The highest BCUT2D eigenvalue weighted by molar-refractivity contribution is 5.40. The molecule has 2 heterocycles. The maximum atomic E-state index is 13.5. The molecule has 3 rings (SSSR count). The number of hydrogen-bond donors (Lipinski definition) is 1. The lowest BCUT2D eigenvalue weighted by atomic mass is 10.1. The van der Waals surface area contributed by atoms with Crippen LogP contribution in [0.2, 0.25) is 0 Å². The molecule has 2 aromatic rings. The third kappa shape index (κ3) is 2.59. The summed E-state index contributed by atoms with van der Waals surface area (Å²) in [5.41, 5.74) is 1.79. The van der Waals surface area contributed by atoms with Crippen LogP contribution in [-0.2, 0) is 6.54 Å². The van der Waals surface area contributed by atoms with Gasteiger partial charge in [-0.3, -0.25) is 4.90 Å². The van der Waals surface area contributed by atoms with E-state index in [4.69, 9.17) is 0 Å². The number of aliphatic hydroxyl groups is 1. The van der Waals surface area contributed by atoms with Crippen molar-refractivity contribution in [3.05, 3.63) is 48.0 Å². The van der Waals surface area contributed by atoms with Crippen LogP contribution in [0.15, 0.2) is 36.7 Å². The van der Waals surface area contributed by atoms with Gasteiger partial charge in [0.25, 0.3) is 0 Å². The number of rotatable bonds is 4. The topological polar surface area (TPSA) is 41.3 Å². The van der Waals surface area contributed by atoms with Crippen LogP contribution in [0.25, 0.3) is 5.69 Å². The summed E-state index contributed by atoms with van der Waals surface area (Å²) in [5.74, 6) is -0.240. The van der Waals surface area contributed by atoms with E-state index in [0.717, 1.165) is 30.6 Å². The molecule has 1 aliphatic heterocycles. The molecule has 5 heteroatoms. The lowest BCUT2D eigenvalue weighted by Crippen LogP contribution is -2.32. The van der Waals surface area contributed by atoms with Crippen LogP contribution in [0.5, 0.6) is 0 Å². The van der Waals surface area contributed by atoms with Crippen LogP contribution < -0.4 is 0 Å². The fourth-order valence-electron chi connectivity index (χ4n) is 2.84. The molecule has 20 heavy (non-hydrogen) atoms. The number of aromatic nitrogens is 2. The SMILES string of the molecule is OC[C@@H]1CCCN1Cc1cc(F)ccc1-n1cccn1. The van der Waals surface area contributed by atoms with Gasteiger partial charge in [0.2, 0.25) is 0 Å². The van der Waals surface area contributed by atoms with Crippen molar-refractivity contribution < 1.29 is 9.50 Å². The second-order valence-electron chi connectivity index (χ2n) is 5.17. The van der Waals surface area contributed by atoms with E-state index in [1.54, 1.807) is 23.0 Å². The smallest absolute Gasteiger partial charge is 0.123 e. The molecule has 4 nitrogen and oxygen atoms in total. The Morgan fingerprint density at radius 1 is 1.40 bits per heavy atom. The van der Waals surface area contributed by atoms with Crippen molar-refractivity contribution in [1.29, 1.82) is 0 Å². The van der Waals surface area contributed by atoms with Crippen molar-refractivity contribution in [2.24, 2.45) is 0 Å². The highest BCUT2D eigenvalue weighted by Gasteiger charge is 2.24. The van der Waals surface area contributed by atoms with Gasteiger partial charge in [-0.15, -0.1) is 0 Å². The van der Waals surface area contributed by atoms with Gasteiger partial charge in [0, 0.05) is 25.0 Å². The van der Waals surface area contributed by atoms with Crippen LogP contribution in [0.1, 0.15) is 18.4 Å². The standard InChI is InChI=1S/C15H18FN3O/c16-13-4-5-15(19-8-2-6-17-19)12(9-13)10-18-7-1-3-14(18)11-20/h2,4-6,8-9,14,20H,1,3,7,10-11H2/t14-/m0/s1. The summed E-state index contributed by atoms with van der Waals surface area (Å²) in [5, 5.41) is 13.6. The van der Waals surface area contributed by atoms with Gasteiger partial charge in [-0.25, -0.2) is 9.07 Å². The first kappa shape index (κ1) is 13.3. The first-order valence-corrected chi connectivity index (χ1v) is 6.91. The van der Waals surface area contributed by atoms with Gasteiger partial charge in [-0.2, -0.15) is 5.10 Å². The van der Waals surface area contributed by atoms with Gasteiger partial charge in [0.15, 0.2) is 0 Å². The second kappa shape index (κ2) is 5.73. The van der Waals surface area contributed by atoms with Crippen molar-refractivity contribution >= 4 is 0 Å². The monoisotopic (exact) mass is 275 g/mol. The predicted molar refractivity (Wildman–Crippen MR) is 74.0 cm³/mol. The first-order valence-electron chi connectivity index (χ1n) is 6.91. The molecule has 1 saturated heterocycles. The molecular formula is C15H18FN3O. The van der Waals surface area contributed by atoms with E-state index in [2.05, 4.69) is 10.00 Å². The quantitative estimate of drug-likeness (QED) is 0.927. The summed E-state index contributed by atoms with van der Waals surface area (Å²) < 4.78 is 15.3. The maximum absolute atomic E-state index is 13.5. The van der Waals surface area contributed by atoms with Gasteiger partial charge >= 0.3 is 0 Å². The van der Waals surface area contributed by atoms with Gasteiger partial charge < -0.3 is 5.11 Å². The Hall–Kier alpha value is -1.72. The summed E-state index contributed by atoms with van der Waals surface area (Å²) in [6.45, 7) is 1.74. The third-order valence-electron chi connectivity index (χ3n) is 3.88. The molecule has 0 aliphatic carbocycles. The van der Waals surface area contributed by atoms with Crippen LogP contribution in [0.3, 0.4) is 0 Å². The molecule has 106 valence electrons. The van der Waals surface area contributed by atoms with E-state index in [0.29, 0.717) is 6.54 Å². The molecule has 0 spiro atoms. The number of likely N-dealkylation sites (tertiary alicyclic amines) is 1. The molecule has 0 unspecified atom stereocenters. The zero-order valence-electron chi connectivity index (χ0n) is 11.2. The van der Waals surface area contributed by atoms with E-state index in [1.165, 1.54) is 6.07 Å². The van der Waals surface area contributed by atoms with E-state index >= 15 is 0 Å². The minimum absolute atomic E-state index is 0.159. The number of nitrogens with zero attached hydrogens (tertiary/aromatic N) is 3. The Bertz CT molecular complexity index is 571. The highest BCUT2D eigenvalue weighted by Crippen LogP contribution is 2.23. The predicted octanol–water partition coefficient (Wildman–Crippen LogP) is 1.97. The highest BCUT2D eigenvalue weighted by atomic mass is 19.1. The van der Waals surface area contributed by atoms with Gasteiger partial charge in [0.1, 0.15) is 5.82 Å². The zero-order valence-corrected chi connectivity index (χ0v) is 11.2. The summed E-state index contributed by atoms with van der Waals surface area (Å²) >= 11 is 0. The van der Waals surface area contributed by atoms with Crippen molar-refractivity contribution in [1.82, 2.24) is 14.7 Å². The fourth-order valence-corrected chi connectivity index (χ4v) is 2.84. The van der Waals surface area contributed by atoms with Gasteiger partial charge in [-0.1, -0.05) is 0 Å². The summed E-state index contributed by atoms with van der Waals surface area (Å²) in [6.07, 6.45) is 5.64. The fraction of sp³-hybridized carbons (Fsp3) is 0.400. The normalized spacial score (nSPS) is 19.6. The minimum atomic E-state index is -0.240. The van der Waals surface area contributed by atoms with Crippen LogP contribution >= 0.6 is 0 Å². The van der Waals surface area contributed by atoms with Crippen molar-refractivity contribution in [3.8, 4) is 5.69 Å². The largest absolute Gasteiger partial charge is 0.395 e. The Morgan fingerprint density at radius 3 is 3.05 bits per heavy atom. The Kier molecular flexibility index (Phi) is 3.80. The maximum Gasteiger partial charge on any atom is 0.123 e. The zero-order chi connectivity index (χ0) is 13.9. The molecule has 0 bridgehead atoms. The molecular weight excluding hydrogens is 257 g/mol. The summed E-state index contributed by atoms with van der Waals surface area (Å²) in [6, 6.07) is 6.79. The molecule has 0 amide bonds. The van der Waals surface area contributed by atoms with E-state index < -0.39 is 0 Å². The van der Waals surface area contributed by atoms with Crippen molar-refractivity contribution in [3.63, 3.8) is 0 Å².